The Morgan fingerprint density at radius 2 is 2.05 bits per heavy atom. The summed E-state index contributed by atoms with van der Waals surface area (Å²) in [6.07, 6.45) is 1.09. The standard InChI is InChI=1S/C16H23N3O.ClH/c1-18(16(20)14-9-17-10-14)15-7-8-19(12-15)11-13-5-3-2-4-6-13;/h2-6,14-15,17H,7-12H2,1H3;1H. The van der Waals surface area contributed by atoms with Gasteiger partial charge in [-0.3, -0.25) is 9.69 Å². The fraction of sp³-hybridized carbons (Fsp3) is 0.562. The summed E-state index contributed by atoms with van der Waals surface area (Å²) in [7, 11) is 1.97. The summed E-state index contributed by atoms with van der Waals surface area (Å²) in [6.45, 7) is 4.77. The molecule has 116 valence electrons. The van der Waals surface area contributed by atoms with Crippen molar-refractivity contribution in [1.29, 1.82) is 0 Å². The molecule has 5 heteroatoms. The summed E-state index contributed by atoms with van der Waals surface area (Å²) < 4.78 is 0. The Morgan fingerprint density at radius 3 is 2.67 bits per heavy atom. The molecule has 21 heavy (non-hydrogen) atoms. The first-order valence-electron chi connectivity index (χ1n) is 7.47. The molecule has 2 heterocycles. The molecule has 1 aromatic carbocycles. The number of hydrogen-bond donors (Lipinski definition) is 1. The maximum absolute atomic E-state index is 12.2. The minimum Gasteiger partial charge on any atom is -0.341 e. The number of nitrogens with one attached hydrogen (secondary N) is 1. The molecule has 0 aromatic heterocycles. The number of amides is 1. The molecule has 3 rings (SSSR count). The Morgan fingerprint density at radius 1 is 1.33 bits per heavy atom. The quantitative estimate of drug-likeness (QED) is 0.912. The molecule has 0 saturated carbocycles. The summed E-state index contributed by atoms with van der Waals surface area (Å²) in [4.78, 5) is 16.7. The van der Waals surface area contributed by atoms with Crippen LogP contribution in [-0.4, -0.2) is 55.0 Å². The van der Waals surface area contributed by atoms with Gasteiger partial charge in [0.05, 0.1) is 5.92 Å². The highest BCUT2D eigenvalue weighted by molar-refractivity contribution is 5.85. The number of carbonyl (C=O) groups is 1. The second kappa shape index (κ2) is 7.25. The maximum Gasteiger partial charge on any atom is 0.228 e. The van der Waals surface area contributed by atoms with E-state index in [-0.39, 0.29) is 18.3 Å². The predicted molar refractivity (Wildman–Crippen MR) is 86.5 cm³/mol. The van der Waals surface area contributed by atoms with E-state index < -0.39 is 0 Å². The van der Waals surface area contributed by atoms with Crippen molar-refractivity contribution in [1.82, 2.24) is 15.1 Å². The van der Waals surface area contributed by atoms with Crippen LogP contribution in [0.15, 0.2) is 30.3 Å². The summed E-state index contributed by atoms with van der Waals surface area (Å²) >= 11 is 0. The van der Waals surface area contributed by atoms with Crippen LogP contribution < -0.4 is 5.32 Å². The average Bonchev–Trinajstić information content (AvgIpc) is 2.85. The SMILES string of the molecule is CN(C(=O)C1CNC1)C1CCN(Cc2ccccc2)C1.Cl. The van der Waals surface area contributed by atoms with Gasteiger partial charge in [0.2, 0.25) is 5.91 Å². The zero-order valence-electron chi connectivity index (χ0n) is 12.5. The Balaban J connectivity index is 0.00000161. The van der Waals surface area contributed by atoms with Crippen LogP contribution in [0.3, 0.4) is 0 Å². The van der Waals surface area contributed by atoms with E-state index in [1.807, 2.05) is 11.9 Å². The van der Waals surface area contributed by atoms with E-state index >= 15 is 0 Å². The van der Waals surface area contributed by atoms with Crippen LogP contribution in [0.2, 0.25) is 0 Å². The highest BCUT2D eigenvalue weighted by Gasteiger charge is 2.33. The minimum absolute atomic E-state index is 0. The molecule has 1 N–H and O–H groups in total. The van der Waals surface area contributed by atoms with E-state index in [4.69, 9.17) is 0 Å². The third-order valence-corrected chi connectivity index (χ3v) is 4.52. The van der Waals surface area contributed by atoms with E-state index in [1.54, 1.807) is 0 Å². The van der Waals surface area contributed by atoms with E-state index in [0.29, 0.717) is 11.9 Å². The van der Waals surface area contributed by atoms with Crippen LogP contribution >= 0.6 is 12.4 Å². The van der Waals surface area contributed by atoms with Crippen LogP contribution in [-0.2, 0) is 11.3 Å². The van der Waals surface area contributed by atoms with Crippen molar-refractivity contribution >= 4 is 18.3 Å². The number of nitrogens with zero attached hydrogens (tertiary/aromatic N) is 2. The molecule has 4 nitrogen and oxygen atoms in total. The van der Waals surface area contributed by atoms with Crippen molar-refractivity contribution in [3.05, 3.63) is 35.9 Å². The fourth-order valence-corrected chi connectivity index (χ4v) is 3.04. The number of likely N-dealkylation sites (N-methyl/N-ethyl adjacent to an activating group) is 1. The summed E-state index contributed by atoms with van der Waals surface area (Å²) in [6, 6.07) is 10.9. The normalized spacial score (nSPS) is 22.4. The molecule has 1 amide bonds. The Kier molecular flexibility index (Phi) is 5.62. The highest BCUT2D eigenvalue weighted by Crippen LogP contribution is 2.19. The first-order chi connectivity index (χ1) is 9.74. The molecule has 0 aliphatic carbocycles. The van der Waals surface area contributed by atoms with Crippen molar-refractivity contribution in [2.75, 3.05) is 33.2 Å². The van der Waals surface area contributed by atoms with E-state index in [0.717, 1.165) is 39.1 Å². The molecular formula is C16H24ClN3O. The first kappa shape index (κ1) is 16.3. The van der Waals surface area contributed by atoms with Crippen molar-refractivity contribution in [3.8, 4) is 0 Å². The van der Waals surface area contributed by atoms with Gasteiger partial charge in [-0.2, -0.15) is 0 Å². The highest BCUT2D eigenvalue weighted by atomic mass is 35.5. The van der Waals surface area contributed by atoms with Gasteiger partial charge >= 0.3 is 0 Å². The van der Waals surface area contributed by atoms with Crippen LogP contribution in [0, 0.1) is 5.92 Å². The molecule has 1 atom stereocenters. The number of halogens is 1. The largest absolute Gasteiger partial charge is 0.341 e. The van der Waals surface area contributed by atoms with Gasteiger partial charge in [-0.05, 0) is 12.0 Å². The van der Waals surface area contributed by atoms with Crippen molar-refractivity contribution in [2.45, 2.75) is 19.0 Å². The molecule has 2 saturated heterocycles. The van der Waals surface area contributed by atoms with Crippen molar-refractivity contribution < 1.29 is 4.79 Å². The topological polar surface area (TPSA) is 35.6 Å². The lowest BCUT2D eigenvalue weighted by Crippen LogP contribution is -2.53. The third kappa shape index (κ3) is 3.76. The molecular weight excluding hydrogens is 286 g/mol. The van der Waals surface area contributed by atoms with Crippen molar-refractivity contribution in [3.63, 3.8) is 0 Å². The number of benzene rings is 1. The van der Waals surface area contributed by atoms with E-state index in [2.05, 4.69) is 40.5 Å². The van der Waals surface area contributed by atoms with Crippen molar-refractivity contribution in [2.24, 2.45) is 5.92 Å². The van der Waals surface area contributed by atoms with Crippen LogP contribution in [0.25, 0.3) is 0 Å². The van der Waals surface area contributed by atoms with E-state index in [9.17, 15) is 4.79 Å². The maximum atomic E-state index is 12.2. The fourth-order valence-electron chi connectivity index (χ4n) is 3.04. The third-order valence-electron chi connectivity index (χ3n) is 4.52. The van der Waals surface area contributed by atoms with Gasteiger partial charge in [0.1, 0.15) is 0 Å². The van der Waals surface area contributed by atoms with Gasteiger partial charge in [-0.1, -0.05) is 30.3 Å². The van der Waals surface area contributed by atoms with Gasteiger partial charge < -0.3 is 10.2 Å². The molecule has 2 aliphatic heterocycles. The first-order valence-corrected chi connectivity index (χ1v) is 7.47. The predicted octanol–water partition coefficient (Wildman–Crippen LogP) is 1.36. The monoisotopic (exact) mass is 309 g/mol. The number of rotatable bonds is 4. The summed E-state index contributed by atoms with van der Waals surface area (Å²) in [5.74, 6) is 0.526. The van der Waals surface area contributed by atoms with Gasteiger partial charge in [0, 0.05) is 45.8 Å². The molecule has 2 aliphatic rings. The van der Waals surface area contributed by atoms with Gasteiger partial charge in [-0.15, -0.1) is 12.4 Å². The molecule has 1 unspecified atom stereocenters. The van der Waals surface area contributed by atoms with Crippen LogP contribution in [0.5, 0.6) is 0 Å². The Labute approximate surface area is 132 Å². The second-order valence-electron chi connectivity index (χ2n) is 5.97. The minimum atomic E-state index is 0. The Bertz CT molecular complexity index is 464. The van der Waals surface area contributed by atoms with Crippen LogP contribution in [0.1, 0.15) is 12.0 Å². The lowest BCUT2D eigenvalue weighted by atomic mass is 10.0. The van der Waals surface area contributed by atoms with Gasteiger partial charge in [-0.25, -0.2) is 0 Å². The van der Waals surface area contributed by atoms with Gasteiger partial charge in [0.15, 0.2) is 0 Å². The van der Waals surface area contributed by atoms with Crippen LogP contribution in [0.4, 0.5) is 0 Å². The molecule has 0 bridgehead atoms. The molecule has 2 fully saturated rings. The summed E-state index contributed by atoms with van der Waals surface area (Å²) in [5, 5.41) is 3.17. The zero-order valence-corrected chi connectivity index (χ0v) is 13.3. The summed E-state index contributed by atoms with van der Waals surface area (Å²) in [5.41, 5.74) is 1.35. The number of carbonyl (C=O) groups excluding carboxylic acids is 1. The smallest absolute Gasteiger partial charge is 0.228 e. The Hall–Kier alpha value is -1.10. The molecule has 0 spiro atoms. The number of likely N-dealkylation sites (tertiary alicyclic amines) is 1. The number of hydrogen-bond acceptors (Lipinski definition) is 3. The lowest BCUT2D eigenvalue weighted by Gasteiger charge is -2.33. The molecule has 0 radical (unpaired) electrons. The lowest BCUT2D eigenvalue weighted by molar-refractivity contribution is -0.137. The average molecular weight is 310 g/mol. The second-order valence-corrected chi connectivity index (χ2v) is 5.97. The zero-order chi connectivity index (χ0) is 13.9. The van der Waals surface area contributed by atoms with Gasteiger partial charge in [0.25, 0.3) is 0 Å². The molecule has 1 aromatic rings. The van der Waals surface area contributed by atoms with E-state index in [1.165, 1.54) is 5.56 Å².